The van der Waals surface area contributed by atoms with Crippen molar-refractivity contribution in [3.05, 3.63) is 47.8 Å². The number of nitrogens with one attached hydrogen (secondary N) is 2. The smallest absolute Gasteiger partial charge is 0.329 e. The lowest BCUT2D eigenvalue weighted by Gasteiger charge is -2.16. The molecule has 1 saturated carbocycles. The zero-order valence-corrected chi connectivity index (χ0v) is 18.1. The first-order chi connectivity index (χ1) is 15.5. The Morgan fingerprint density at radius 2 is 2.03 bits per heavy atom. The number of aromatic nitrogens is 2. The van der Waals surface area contributed by atoms with E-state index in [-0.39, 0.29) is 24.3 Å². The van der Waals surface area contributed by atoms with E-state index in [0.29, 0.717) is 29.8 Å². The number of halogens is 1. The maximum atomic E-state index is 14.0. The van der Waals surface area contributed by atoms with Crippen molar-refractivity contribution >= 4 is 17.6 Å². The summed E-state index contributed by atoms with van der Waals surface area (Å²) in [4.78, 5) is 32.9. The molecule has 2 N–H and O–H groups in total. The van der Waals surface area contributed by atoms with Crippen molar-refractivity contribution in [2.45, 2.75) is 45.1 Å². The summed E-state index contributed by atoms with van der Waals surface area (Å²) in [6.07, 6.45) is 8.04. The first kappa shape index (κ1) is 22.1. The Morgan fingerprint density at radius 1 is 1.25 bits per heavy atom. The average Bonchev–Trinajstić information content (AvgIpc) is 3.55. The van der Waals surface area contributed by atoms with Crippen LogP contribution in [0.4, 0.5) is 14.9 Å². The van der Waals surface area contributed by atoms with Crippen LogP contribution in [0.15, 0.2) is 30.6 Å². The van der Waals surface area contributed by atoms with Gasteiger partial charge in [0.15, 0.2) is 11.6 Å². The van der Waals surface area contributed by atoms with Gasteiger partial charge in [-0.2, -0.15) is 0 Å². The molecule has 3 amide bonds. The van der Waals surface area contributed by atoms with Crippen LogP contribution in [0.1, 0.15) is 50.0 Å². The van der Waals surface area contributed by atoms with Crippen molar-refractivity contribution in [1.82, 2.24) is 20.6 Å². The van der Waals surface area contributed by atoms with Gasteiger partial charge in [0.05, 0.1) is 24.7 Å². The van der Waals surface area contributed by atoms with E-state index in [9.17, 15) is 14.0 Å². The van der Waals surface area contributed by atoms with Crippen LogP contribution in [0.2, 0.25) is 0 Å². The molecule has 9 heteroatoms. The molecule has 8 nitrogen and oxygen atoms in total. The molecule has 2 fully saturated rings. The standard InChI is InChI=1S/C23H28FN5O3/c1-15(17-7-8-19(24)20(10-17)32-14-16-5-6-16)25-9-3-2-4-21-26-11-18(12-27-21)29-13-22(30)28-23(29)31/h7-8,10-12,15-16,25H,2-6,9,13-14H2,1H3,(H,28,30,31)/t15-/m1/s1. The molecule has 32 heavy (non-hydrogen) atoms. The molecule has 1 aromatic carbocycles. The van der Waals surface area contributed by atoms with Gasteiger partial charge in [-0.3, -0.25) is 15.0 Å². The van der Waals surface area contributed by atoms with Gasteiger partial charge in [-0.05, 0) is 62.8 Å². The van der Waals surface area contributed by atoms with Gasteiger partial charge >= 0.3 is 6.03 Å². The van der Waals surface area contributed by atoms with Crippen molar-refractivity contribution < 1.29 is 18.7 Å². The third-order valence-electron chi connectivity index (χ3n) is 5.70. The van der Waals surface area contributed by atoms with Crippen molar-refractivity contribution in [2.75, 3.05) is 24.6 Å². The molecule has 0 bridgehead atoms. The second-order valence-electron chi connectivity index (χ2n) is 8.37. The number of rotatable bonds is 11. The van der Waals surface area contributed by atoms with Gasteiger partial charge in [-0.15, -0.1) is 0 Å². The number of hydrogen-bond donors (Lipinski definition) is 2. The summed E-state index contributed by atoms with van der Waals surface area (Å²) in [5, 5.41) is 5.69. The molecule has 0 spiro atoms. The molecule has 0 unspecified atom stereocenters. The minimum Gasteiger partial charge on any atom is -0.490 e. The van der Waals surface area contributed by atoms with Crippen LogP contribution in [-0.4, -0.2) is 41.6 Å². The molecular weight excluding hydrogens is 413 g/mol. The van der Waals surface area contributed by atoms with Crippen LogP contribution < -0.4 is 20.3 Å². The Kier molecular flexibility index (Phi) is 6.94. The highest BCUT2D eigenvalue weighted by Gasteiger charge is 2.28. The molecule has 1 aliphatic heterocycles. The van der Waals surface area contributed by atoms with Gasteiger partial charge < -0.3 is 10.1 Å². The second-order valence-corrected chi connectivity index (χ2v) is 8.37. The van der Waals surface area contributed by atoms with Crippen LogP contribution in [0.25, 0.3) is 0 Å². The number of carbonyl (C=O) groups excluding carboxylic acids is 2. The molecular formula is C23H28FN5O3. The topological polar surface area (TPSA) is 96.5 Å². The number of unbranched alkanes of at least 4 members (excludes halogenated alkanes) is 1. The van der Waals surface area contributed by atoms with E-state index >= 15 is 0 Å². The van der Waals surface area contributed by atoms with E-state index < -0.39 is 6.03 Å². The highest BCUT2D eigenvalue weighted by atomic mass is 19.1. The van der Waals surface area contributed by atoms with Crippen LogP contribution in [0, 0.1) is 11.7 Å². The van der Waals surface area contributed by atoms with Gasteiger partial charge in [0.25, 0.3) is 0 Å². The molecule has 2 aliphatic rings. The van der Waals surface area contributed by atoms with Crippen molar-refractivity contribution in [3.8, 4) is 5.75 Å². The van der Waals surface area contributed by atoms with Gasteiger partial charge in [-0.25, -0.2) is 19.2 Å². The monoisotopic (exact) mass is 441 g/mol. The molecule has 1 aliphatic carbocycles. The summed E-state index contributed by atoms with van der Waals surface area (Å²) in [7, 11) is 0. The van der Waals surface area contributed by atoms with Crippen molar-refractivity contribution in [3.63, 3.8) is 0 Å². The fourth-order valence-corrected chi connectivity index (χ4v) is 3.50. The number of hydrogen-bond acceptors (Lipinski definition) is 6. The first-order valence-electron chi connectivity index (χ1n) is 11.1. The Balaban J connectivity index is 1.18. The van der Waals surface area contributed by atoms with E-state index in [1.807, 2.05) is 0 Å². The lowest BCUT2D eigenvalue weighted by atomic mass is 10.1. The Labute approximate surface area is 186 Å². The molecule has 170 valence electrons. The van der Waals surface area contributed by atoms with Crippen molar-refractivity contribution in [2.24, 2.45) is 5.92 Å². The van der Waals surface area contributed by atoms with Crippen LogP contribution in [-0.2, 0) is 11.2 Å². The highest BCUT2D eigenvalue weighted by molar-refractivity contribution is 6.12. The maximum Gasteiger partial charge on any atom is 0.329 e. The van der Waals surface area contributed by atoms with E-state index in [2.05, 4.69) is 27.5 Å². The van der Waals surface area contributed by atoms with E-state index in [4.69, 9.17) is 4.74 Å². The van der Waals surface area contributed by atoms with Gasteiger partial charge in [0.2, 0.25) is 5.91 Å². The molecule has 4 rings (SSSR count). The fraction of sp³-hybridized carbons (Fsp3) is 0.478. The Hall–Kier alpha value is -3.07. The molecule has 2 heterocycles. The normalized spacial score (nSPS) is 16.9. The number of imide groups is 1. The third-order valence-corrected chi connectivity index (χ3v) is 5.70. The molecule has 1 atom stereocenters. The number of amides is 3. The summed E-state index contributed by atoms with van der Waals surface area (Å²) in [6, 6.07) is 4.69. The Bertz CT molecular complexity index is 965. The summed E-state index contributed by atoms with van der Waals surface area (Å²) < 4.78 is 19.6. The first-order valence-corrected chi connectivity index (χ1v) is 11.1. The third kappa shape index (κ3) is 5.79. The van der Waals surface area contributed by atoms with Gasteiger partial charge in [-0.1, -0.05) is 6.07 Å². The van der Waals surface area contributed by atoms with E-state index in [1.54, 1.807) is 24.5 Å². The van der Waals surface area contributed by atoms with Crippen LogP contribution in [0.5, 0.6) is 5.75 Å². The summed E-state index contributed by atoms with van der Waals surface area (Å²) in [5.74, 6) is 0.967. The fourth-order valence-electron chi connectivity index (χ4n) is 3.50. The zero-order chi connectivity index (χ0) is 22.5. The second kappa shape index (κ2) is 10.0. The van der Waals surface area contributed by atoms with E-state index in [0.717, 1.165) is 31.4 Å². The summed E-state index contributed by atoms with van der Waals surface area (Å²) in [6.45, 7) is 3.45. The predicted molar refractivity (Wildman–Crippen MR) is 117 cm³/mol. The minimum atomic E-state index is -0.450. The minimum absolute atomic E-state index is 0.00636. The maximum absolute atomic E-state index is 14.0. The summed E-state index contributed by atoms with van der Waals surface area (Å²) >= 11 is 0. The number of nitrogens with zero attached hydrogens (tertiary/aromatic N) is 3. The van der Waals surface area contributed by atoms with Crippen molar-refractivity contribution in [1.29, 1.82) is 0 Å². The summed E-state index contributed by atoms with van der Waals surface area (Å²) in [5.41, 5.74) is 1.51. The zero-order valence-electron chi connectivity index (χ0n) is 18.1. The number of carbonyl (C=O) groups is 2. The molecule has 1 saturated heterocycles. The van der Waals surface area contributed by atoms with Gasteiger partial charge in [0, 0.05) is 12.5 Å². The van der Waals surface area contributed by atoms with Crippen LogP contribution in [0.3, 0.4) is 0 Å². The van der Waals surface area contributed by atoms with Gasteiger partial charge in [0.1, 0.15) is 12.4 Å². The number of benzene rings is 1. The number of anilines is 1. The molecule has 1 aromatic heterocycles. The Morgan fingerprint density at radius 3 is 2.72 bits per heavy atom. The lowest BCUT2D eigenvalue weighted by Crippen LogP contribution is -2.28. The highest BCUT2D eigenvalue weighted by Crippen LogP contribution is 2.31. The average molecular weight is 442 g/mol. The quantitative estimate of drug-likeness (QED) is 0.411. The van der Waals surface area contributed by atoms with Crippen LogP contribution >= 0.6 is 0 Å². The largest absolute Gasteiger partial charge is 0.490 e. The number of aryl methyl sites for hydroxylation is 1. The lowest BCUT2D eigenvalue weighted by molar-refractivity contribution is -0.117. The molecule has 0 radical (unpaired) electrons. The number of ether oxygens (including phenoxy) is 1. The SMILES string of the molecule is C[C@@H](NCCCCc1ncc(N2CC(=O)NC2=O)cn1)c1ccc(F)c(OCC2CC2)c1. The van der Waals surface area contributed by atoms with E-state index in [1.165, 1.54) is 23.8 Å². The molecule has 2 aromatic rings. The number of urea groups is 1. The predicted octanol–water partition coefficient (Wildman–Crippen LogP) is 3.13.